The van der Waals surface area contributed by atoms with Crippen molar-refractivity contribution >= 4 is 5.91 Å². The van der Waals surface area contributed by atoms with Gasteiger partial charge in [-0.1, -0.05) is 31.0 Å². The molecule has 2 aliphatic heterocycles. The van der Waals surface area contributed by atoms with Crippen molar-refractivity contribution in [1.82, 2.24) is 24.6 Å². The lowest BCUT2D eigenvalue weighted by molar-refractivity contribution is -0.133. The number of para-hydroxylation sites is 2. The number of carbonyl (C=O) groups is 1. The normalized spacial score (nSPS) is 17.9. The molecule has 0 radical (unpaired) electrons. The predicted octanol–water partition coefficient (Wildman–Crippen LogP) is 5.30. The van der Waals surface area contributed by atoms with Crippen LogP contribution < -0.4 is 9.47 Å². The fourth-order valence-electron chi connectivity index (χ4n) is 5.42. The zero-order chi connectivity index (χ0) is 26.0. The Hall–Kier alpha value is -3.39. The minimum absolute atomic E-state index is 0.264. The van der Waals surface area contributed by atoms with E-state index in [9.17, 15) is 4.79 Å². The van der Waals surface area contributed by atoms with Gasteiger partial charge in [0.2, 0.25) is 11.8 Å². The first-order valence-corrected chi connectivity index (χ1v) is 14.1. The monoisotopic (exact) mass is 517 g/mol. The molecule has 1 saturated heterocycles. The van der Waals surface area contributed by atoms with Crippen molar-refractivity contribution in [2.45, 2.75) is 70.5 Å². The van der Waals surface area contributed by atoms with E-state index in [2.05, 4.69) is 25.9 Å². The fourth-order valence-corrected chi connectivity index (χ4v) is 5.42. The third-order valence-corrected chi connectivity index (χ3v) is 7.55. The van der Waals surface area contributed by atoms with Crippen LogP contribution in [0.2, 0.25) is 0 Å². The van der Waals surface area contributed by atoms with Crippen LogP contribution in [0.3, 0.4) is 0 Å². The Morgan fingerprint density at radius 3 is 2.61 bits per heavy atom. The SMILES string of the molecule is O=C(CCCn1cccn1)N1CCC(N2CCCCCCOc3ccccc3Oc3ncccc3C2)CC1. The van der Waals surface area contributed by atoms with Crippen LogP contribution in [0.1, 0.15) is 56.9 Å². The molecule has 202 valence electrons. The second kappa shape index (κ2) is 13.4. The van der Waals surface area contributed by atoms with Crippen LogP contribution in [-0.4, -0.2) is 62.8 Å². The molecule has 0 aliphatic carbocycles. The van der Waals surface area contributed by atoms with E-state index < -0.39 is 0 Å². The van der Waals surface area contributed by atoms with Crippen LogP contribution in [0.15, 0.2) is 61.1 Å². The highest BCUT2D eigenvalue weighted by Gasteiger charge is 2.27. The average Bonchev–Trinajstić information content (AvgIpc) is 3.47. The number of ether oxygens (including phenoxy) is 2. The topological polar surface area (TPSA) is 72.7 Å². The molecule has 0 N–H and O–H groups in total. The Bertz CT molecular complexity index is 1140. The zero-order valence-electron chi connectivity index (χ0n) is 22.2. The number of benzene rings is 1. The first-order valence-electron chi connectivity index (χ1n) is 14.1. The smallest absolute Gasteiger partial charge is 0.223 e. The van der Waals surface area contributed by atoms with E-state index in [0.717, 1.165) is 82.6 Å². The average molecular weight is 518 g/mol. The summed E-state index contributed by atoms with van der Waals surface area (Å²) in [5.41, 5.74) is 1.08. The predicted molar refractivity (Wildman–Crippen MR) is 146 cm³/mol. The molecule has 0 spiro atoms. The van der Waals surface area contributed by atoms with E-state index in [4.69, 9.17) is 9.47 Å². The number of nitrogens with zero attached hydrogens (tertiary/aromatic N) is 5. The number of aryl methyl sites for hydroxylation is 1. The highest BCUT2D eigenvalue weighted by Crippen LogP contribution is 2.33. The van der Waals surface area contributed by atoms with Gasteiger partial charge in [0.25, 0.3) is 0 Å². The number of aromatic nitrogens is 3. The number of rotatable bonds is 5. The summed E-state index contributed by atoms with van der Waals surface area (Å²) < 4.78 is 14.2. The van der Waals surface area contributed by atoms with Crippen molar-refractivity contribution < 1.29 is 14.3 Å². The highest BCUT2D eigenvalue weighted by atomic mass is 16.5. The molecule has 8 heteroatoms. The summed E-state index contributed by atoms with van der Waals surface area (Å²) in [6.07, 6.45) is 13.4. The van der Waals surface area contributed by atoms with E-state index in [-0.39, 0.29) is 5.91 Å². The lowest BCUT2D eigenvalue weighted by Crippen LogP contribution is -2.46. The van der Waals surface area contributed by atoms with Crippen molar-refractivity contribution in [2.24, 2.45) is 0 Å². The van der Waals surface area contributed by atoms with Gasteiger partial charge in [0.1, 0.15) is 0 Å². The summed E-state index contributed by atoms with van der Waals surface area (Å²) in [6, 6.07) is 14.3. The highest BCUT2D eigenvalue weighted by molar-refractivity contribution is 5.76. The van der Waals surface area contributed by atoms with E-state index in [0.29, 0.717) is 30.7 Å². The molecule has 2 aromatic heterocycles. The number of pyridine rings is 1. The van der Waals surface area contributed by atoms with Crippen molar-refractivity contribution in [3.8, 4) is 17.4 Å². The molecule has 0 saturated carbocycles. The lowest BCUT2D eigenvalue weighted by Gasteiger charge is -2.39. The third-order valence-electron chi connectivity index (χ3n) is 7.55. The number of hydrogen-bond acceptors (Lipinski definition) is 6. The fraction of sp³-hybridized carbons (Fsp3) is 0.500. The molecular formula is C30H39N5O3. The number of likely N-dealkylation sites (tertiary alicyclic amines) is 1. The van der Waals surface area contributed by atoms with Gasteiger partial charge in [-0.3, -0.25) is 14.4 Å². The quantitative estimate of drug-likeness (QED) is 0.458. The van der Waals surface area contributed by atoms with Gasteiger partial charge >= 0.3 is 0 Å². The van der Waals surface area contributed by atoms with Gasteiger partial charge in [0, 0.05) is 62.8 Å². The summed E-state index contributed by atoms with van der Waals surface area (Å²) in [6.45, 7) is 4.94. The second-order valence-corrected chi connectivity index (χ2v) is 10.2. The summed E-state index contributed by atoms with van der Waals surface area (Å²) in [7, 11) is 0. The molecule has 1 amide bonds. The molecule has 3 aromatic rings. The Morgan fingerprint density at radius 2 is 1.76 bits per heavy atom. The van der Waals surface area contributed by atoms with Gasteiger partial charge in [0.05, 0.1) is 6.61 Å². The Morgan fingerprint density at radius 1 is 0.921 bits per heavy atom. The maximum Gasteiger partial charge on any atom is 0.223 e. The summed E-state index contributed by atoms with van der Waals surface area (Å²) in [4.78, 5) is 22.1. The van der Waals surface area contributed by atoms with Crippen LogP contribution >= 0.6 is 0 Å². The third kappa shape index (κ3) is 7.13. The number of fused-ring (bicyclic) bond motifs is 2. The molecule has 4 heterocycles. The Balaban J connectivity index is 1.22. The molecule has 2 aliphatic rings. The van der Waals surface area contributed by atoms with Crippen LogP contribution in [0.5, 0.6) is 17.4 Å². The van der Waals surface area contributed by atoms with E-state index in [1.54, 1.807) is 12.4 Å². The molecule has 5 rings (SSSR count). The van der Waals surface area contributed by atoms with Gasteiger partial charge in [-0.2, -0.15) is 5.10 Å². The summed E-state index contributed by atoms with van der Waals surface area (Å²) in [5, 5.41) is 4.23. The van der Waals surface area contributed by atoms with Crippen molar-refractivity contribution in [2.75, 3.05) is 26.2 Å². The zero-order valence-corrected chi connectivity index (χ0v) is 22.2. The van der Waals surface area contributed by atoms with E-state index in [1.807, 2.05) is 47.3 Å². The van der Waals surface area contributed by atoms with Crippen molar-refractivity contribution in [3.63, 3.8) is 0 Å². The van der Waals surface area contributed by atoms with Gasteiger partial charge in [-0.05, 0) is 62.9 Å². The number of carbonyl (C=O) groups excluding carboxylic acids is 1. The minimum atomic E-state index is 0.264. The maximum atomic E-state index is 12.8. The maximum absolute atomic E-state index is 12.8. The van der Waals surface area contributed by atoms with Gasteiger partial charge in [-0.15, -0.1) is 0 Å². The first-order chi connectivity index (χ1) is 18.8. The molecule has 0 atom stereocenters. The lowest BCUT2D eigenvalue weighted by atomic mass is 10.0. The van der Waals surface area contributed by atoms with Crippen LogP contribution in [0.25, 0.3) is 0 Å². The van der Waals surface area contributed by atoms with Crippen LogP contribution in [-0.2, 0) is 17.9 Å². The van der Waals surface area contributed by atoms with Crippen molar-refractivity contribution in [1.29, 1.82) is 0 Å². The largest absolute Gasteiger partial charge is 0.490 e. The van der Waals surface area contributed by atoms with Gasteiger partial charge in [-0.25, -0.2) is 4.98 Å². The minimum Gasteiger partial charge on any atom is -0.490 e. The summed E-state index contributed by atoms with van der Waals surface area (Å²) in [5.74, 6) is 2.37. The molecule has 1 aromatic carbocycles. The second-order valence-electron chi connectivity index (χ2n) is 10.2. The number of hydrogen-bond donors (Lipinski definition) is 0. The van der Waals surface area contributed by atoms with Gasteiger partial charge < -0.3 is 14.4 Å². The van der Waals surface area contributed by atoms with E-state index >= 15 is 0 Å². The summed E-state index contributed by atoms with van der Waals surface area (Å²) >= 11 is 0. The molecule has 1 fully saturated rings. The van der Waals surface area contributed by atoms with E-state index in [1.165, 1.54) is 6.42 Å². The van der Waals surface area contributed by atoms with Crippen LogP contribution in [0.4, 0.5) is 0 Å². The van der Waals surface area contributed by atoms with Gasteiger partial charge in [0.15, 0.2) is 11.5 Å². The standard InChI is InChI=1S/C30H39N5O3/c36-29(13-8-19-35-20-9-17-32-35)33-21-14-26(15-22-33)34-18-5-1-2-6-23-37-27-11-3-4-12-28(27)38-30-25(24-34)10-7-16-31-30/h3-4,7,9-12,16-17,20,26H,1-2,5-6,8,13-15,18-19,21-24H2. The molecule has 0 bridgehead atoms. The Labute approximate surface area is 225 Å². The molecular weight excluding hydrogens is 478 g/mol. The first kappa shape index (κ1) is 26.2. The molecule has 0 unspecified atom stereocenters. The molecule has 38 heavy (non-hydrogen) atoms. The molecule has 8 nitrogen and oxygen atoms in total. The number of piperidine rings is 1. The number of amides is 1. The Kier molecular flexibility index (Phi) is 9.26. The van der Waals surface area contributed by atoms with Crippen LogP contribution in [0, 0.1) is 0 Å². The van der Waals surface area contributed by atoms with Crippen molar-refractivity contribution in [3.05, 3.63) is 66.6 Å².